The number of unbranched alkanes of at least 4 members (excludes halogenated alkanes) is 5. The van der Waals surface area contributed by atoms with Gasteiger partial charge in [0.15, 0.2) is 0 Å². The average Bonchev–Trinajstić information content (AvgIpc) is 2.56. The fourth-order valence-electron chi connectivity index (χ4n) is 2.05. The quantitative estimate of drug-likeness (QED) is 0.100. The first-order valence-electron chi connectivity index (χ1n) is 8.68. The number of carbonyl (C=O) groups is 1. The summed E-state index contributed by atoms with van der Waals surface area (Å²) in [6.45, 7) is 2.08. The van der Waals surface area contributed by atoms with Gasteiger partial charge in [-0.3, -0.25) is 8.98 Å². The maximum Gasteiger partial charge on any atom is 0.307 e. The van der Waals surface area contributed by atoms with E-state index < -0.39 is 0 Å². The molecule has 0 aliphatic carbocycles. The summed E-state index contributed by atoms with van der Waals surface area (Å²) >= 11 is 3.51. The normalized spacial score (nSPS) is 11.9. The van der Waals surface area contributed by atoms with Gasteiger partial charge in [-0.2, -0.15) is 0 Å². The van der Waals surface area contributed by atoms with Crippen LogP contribution in [0.5, 0.6) is 0 Å². The number of hydrogen-bond donors (Lipinski definition) is 1. The Balaban J connectivity index is 3.28. The zero-order valence-electron chi connectivity index (χ0n) is 14.4. The average molecular weight is 341 g/mol. The lowest BCUT2D eigenvalue weighted by Crippen LogP contribution is -2.05. The number of ether oxygens (including phenoxy) is 1. The summed E-state index contributed by atoms with van der Waals surface area (Å²) in [5, 5.41) is 0. The molecule has 0 N–H and O–H groups in total. The minimum atomic E-state index is -0.208. The topological polar surface area (TPSA) is 35.5 Å². The Morgan fingerprint density at radius 2 is 1.48 bits per heavy atom. The van der Waals surface area contributed by atoms with Crippen molar-refractivity contribution in [1.82, 2.24) is 0 Å². The minimum Gasteiger partial charge on any atom is -0.437 e. The molecule has 0 unspecified atom stereocenters. The standard InChI is InChI=1S/C19H32O3S/c1-2-3-4-5-6-7-8-9-10-11-12-13-14-15-16-17-19(20)21-18-22-23/h3-4,6-7,9-10,23H,2,5,8,11-18H2,1H3/b4-3-,7-6-,10-9-. The Bertz CT molecular complexity index is 349. The van der Waals surface area contributed by atoms with Gasteiger partial charge in [-0.1, -0.05) is 62.6 Å². The molecule has 0 aromatic carbocycles. The van der Waals surface area contributed by atoms with Crippen molar-refractivity contribution >= 4 is 18.9 Å². The van der Waals surface area contributed by atoms with Crippen LogP contribution in [0.4, 0.5) is 0 Å². The van der Waals surface area contributed by atoms with Crippen molar-refractivity contribution < 1.29 is 13.7 Å². The first kappa shape index (κ1) is 22.0. The maximum absolute atomic E-state index is 11.2. The van der Waals surface area contributed by atoms with Crippen LogP contribution < -0.4 is 0 Å². The molecule has 0 heterocycles. The van der Waals surface area contributed by atoms with Crippen LogP contribution in [0, 0.1) is 0 Å². The van der Waals surface area contributed by atoms with Crippen molar-refractivity contribution in [2.24, 2.45) is 0 Å². The zero-order chi connectivity index (χ0) is 17.0. The Labute approximate surface area is 147 Å². The molecule has 23 heavy (non-hydrogen) atoms. The molecule has 0 fully saturated rings. The van der Waals surface area contributed by atoms with E-state index in [1.54, 1.807) is 0 Å². The second-order valence-corrected chi connectivity index (χ2v) is 5.62. The Hall–Kier alpha value is -1.00. The van der Waals surface area contributed by atoms with Crippen molar-refractivity contribution in [3.05, 3.63) is 36.5 Å². The van der Waals surface area contributed by atoms with Gasteiger partial charge in [0, 0.05) is 6.42 Å². The minimum absolute atomic E-state index is 0.0705. The van der Waals surface area contributed by atoms with E-state index in [2.05, 4.69) is 60.5 Å². The Kier molecular flexibility index (Phi) is 18.2. The van der Waals surface area contributed by atoms with Crippen molar-refractivity contribution in [3.8, 4) is 0 Å². The smallest absolute Gasteiger partial charge is 0.307 e. The van der Waals surface area contributed by atoms with Crippen LogP contribution in [0.1, 0.15) is 71.1 Å². The lowest BCUT2D eigenvalue weighted by molar-refractivity contribution is -0.149. The second-order valence-electron chi connectivity index (χ2n) is 5.36. The van der Waals surface area contributed by atoms with Gasteiger partial charge in [-0.15, -0.1) is 0 Å². The fraction of sp³-hybridized carbons (Fsp3) is 0.632. The van der Waals surface area contributed by atoms with Crippen molar-refractivity contribution in [3.63, 3.8) is 0 Å². The highest BCUT2D eigenvalue weighted by atomic mass is 32.1. The van der Waals surface area contributed by atoms with Gasteiger partial charge in [0.2, 0.25) is 6.79 Å². The summed E-state index contributed by atoms with van der Waals surface area (Å²) in [5.41, 5.74) is 0. The molecule has 0 bridgehead atoms. The van der Waals surface area contributed by atoms with Gasteiger partial charge in [-0.05, 0) is 51.4 Å². The third kappa shape index (κ3) is 19.0. The highest BCUT2D eigenvalue weighted by Crippen LogP contribution is 2.08. The van der Waals surface area contributed by atoms with Crippen LogP contribution in [-0.4, -0.2) is 12.8 Å². The zero-order valence-corrected chi connectivity index (χ0v) is 15.3. The molecule has 0 aromatic heterocycles. The molecule has 0 saturated carbocycles. The monoisotopic (exact) mass is 340 g/mol. The van der Waals surface area contributed by atoms with Gasteiger partial charge in [0.05, 0.1) is 0 Å². The SMILES string of the molecule is CC/C=C\C/C=C\C/C=C\CCCCCCCC(=O)OCOS. The molecular formula is C19H32O3S. The van der Waals surface area contributed by atoms with Crippen LogP contribution in [0.25, 0.3) is 0 Å². The maximum atomic E-state index is 11.2. The third-order valence-corrected chi connectivity index (χ3v) is 3.41. The molecule has 0 amide bonds. The van der Waals surface area contributed by atoms with Crippen LogP contribution in [0.3, 0.4) is 0 Å². The van der Waals surface area contributed by atoms with E-state index in [0.717, 1.165) is 38.5 Å². The van der Waals surface area contributed by atoms with E-state index in [4.69, 9.17) is 4.74 Å². The van der Waals surface area contributed by atoms with Crippen molar-refractivity contribution in [2.75, 3.05) is 6.79 Å². The summed E-state index contributed by atoms with van der Waals surface area (Å²) in [5.74, 6) is -0.208. The lowest BCUT2D eigenvalue weighted by atomic mass is 10.1. The van der Waals surface area contributed by atoms with E-state index in [1.165, 1.54) is 19.3 Å². The molecule has 0 rings (SSSR count). The lowest BCUT2D eigenvalue weighted by Gasteiger charge is -2.02. The van der Waals surface area contributed by atoms with Gasteiger partial charge in [-0.25, -0.2) is 0 Å². The number of rotatable bonds is 15. The van der Waals surface area contributed by atoms with Gasteiger partial charge in [0.1, 0.15) is 0 Å². The molecule has 0 radical (unpaired) electrons. The van der Waals surface area contributed by atoms with E-state index >= 15 is 0 Å². The molecular weight excluding hydrogens is 308 g/mol. The van der Waals surface area contributed by atoms with E-state index in [1.807, 2.05) is 0 Å². The van der Waals surface area contributed by atoms with Crippen molar-refractivity contribution in [1.29, 1.82) is 0 Å². The molecule has 0 aliphatic rings. The van der Waals surface area contributed by atoms with Crippen LogP contribution in [0.2, 0.25) is 0 Å². The first-order chi connectivity index (χ1) is 11.3. The highest BCUT2D eigenvalue weighted by Gasteiger charge is 2.01. The molecule has 0 spiro atoms. The van der Waals surface area contributed by atoms with E-state index in [-0.39, 0.29) is 12.8 Å². The summed E-state index contributed by atoms with van der Waals surface area (Å²) in [6.07, 6.45) is 23.7. The van der Waals surface area contributed by atoms with E-state index in [9.17, 15) is 4.79 Å². The molecule has 132 valence electrons. The molecule has 0 saturated heterocycles. The summed E-state index contributed by atoms with van der Waals surface area (Å²) < 4.78 is 9.13. The fourth-order valence-corrected chi connectivity index (χ4v) is 2.11. The Morgan fingerprint density at radius 3 is 2.17 bits per heavy atom. The van der Waals surface area contributed by atoms with Crippen LogP contribution in [-0.2, 0) is 13.7 Å². The summed E-state index contributed by atoms with van der Waals surface area (Å²) in [6, 6.07) is 0. The molecule has 0 atom stereocenters. The van der Waals surface area contributed by atoms with Crippen LogP contribution in [0.15, 0.2) is 36.5 Å². The molecule has 0 aliphatic heterocycles. The molecule has 3 nitrogen and oxygen atoms in total. The van der Waals surface area contributed by atoms with E-state index in [0.29, 0.717) is 6.42 Å². The number of hydrogen-bond acceptors (Lipinski definition) is 4. The van der Waals surface area contributed by atoms with Gasteiger partial charge in [0.25, 0.3) is 0 Å². The van der Waals surface area contributed by atoms with Crippen LogP contribution >= 0.6 is 12.9 Å². The molecule has 0 aromatic rings. The second kappa shape index (κ2) is 19.0. The summed E-state index contributed by atoms with van der Waals surface area (Å²) in [4.78, 5) is 11.2. The largest absolute Gasteiger partial charge is 0.437 e. The number of esters is 1. The Morgan fingerprint density at radius 1 is 0.870 bits per heavy atom. The molecule has 4 heteroatoms. The predicted molar refractivity (Wildman–Crippen MR) is 100 cm³/mol. The van der Waals surface area contributed by atoms with Crippen molar-refractivity contribution in [2.45, 2.75) is 71.1 Å². The third-order valence-electron chi connectivity index (χ3n) is 3.30. The van der Waals surface area contributed by atoms with Gasteiger partial charge >= 0.3 is 5.97 Å². The number of allylic oxidation sites excluding steroid dienone is 6. The number of thiol groups is 1. The first-order valence-corrected chi connectivity index (χ1v) is 9.04. The van der Waals surface area contributed by atoms with Gasteiger partial charge < -0.3 is 4.74 Å². The number of carbonyl (C=O) groups excluding carboxylic acids is 1. The predicted octanol–water partition coefficient (Wildman–Crippen LogP) is 5.94. The summed E-state index contributed by atoms with van der Waals surface area (Å²) in [7, 11) is 0. The highest BCUT2D eigenvalue weighted by molar-refractivity contribution is 7.75.